The van der Waals surface area contributed by atoms with Crippen molar-refractivity contribution in [2.75, 3.05) is 14.2 Å². The van der Waals surface area contributed by atoms with E-state index in [1.807, 2.05) is 18.2 Å². The number of nitrogens with zero attached hydrogens (tertiary/aromatic N) is 4. The van der Waals surface area contributed by atoms with E-state index in [0.717, 1.165) is 5.56 Å². The van der Waals surface area contributed by atoms with E-state index in [4.69, 9.17) is 14.0 Å². The Morgan fingerprint density at radius 3 is 2.81 bits per heavy atom. The highest BCUT2D eigenvalue weighted by Gasteiger charge is 2.18. The second kappa shape index (κ2) is 8.56. The molecule has 0 saturated carbocycles. The minimum absolute atomic E-state index is 0.0832. The standard InChI is InChI=1S/C20H17N5O5S/c1-10-7-13(19(27)29-3)15-17(21-10)23-20(24-18(15)26)31-9-14-22-16(25-30-14)11-5-4-6-12(8-11)28-2/h4-8H,9H2,1-3H3,(H,21,23,24,26). The van der Waals surface area contributed by atoms with Crippen LogP contribution < -0.4 is 10.3 Å². The van der Waals surface area contributed by atoms with Crippen LogP contribution in [0, 0.1) is 6.92 Å². The lowest BCUT2D eigenvalue weighted by Crippen LogP contribution is -2.16. The van der Waals surface area contributed by atoms with Crippen LogP contribution in [-0.4, -0.2) is 45.3 Å². The van der Waals surface area contributed by atoms with Gasteiger partial charge in [0.2, 0.25) is 11.7 Å². The molecule has 0 atom stereocenters. The minimum Gasteiger partial charge on any atom is -0.497 e. The van der Waals surface area contributed by atoms with Crippen LogP contribution in [0.15, 0.2) is 44.8 Å². The SMILES string of the molecule is COC(=O)c1cc(C)nc2nc(SCc3nc(-c4cccc(OC)c4)no3)[nH]c(=O)c12. The van der Waals surface area contributed by atoms with Crippen molar-refractivity contribution in [1.82, 2.24) is 25.1 Å². The first-order valence-electron chi connectivity index (χ1n) is 9.08. The van der Waals surface area contributed by atoms with Crippen molar-refractivity contribution in [3.05, 3.63) is 57.8 Å². The maximum absolute atomic E-state index is 12.6. The Balaban J connectivity index is 1.58. The Hall–Kier alpha value is -3.73. The number of hydrogen-bond acceptors (Lipinski definition) is 10. The van der Waals surface area contributed by atoms with Crippen molar-refractivity contribution < 1.29 is 18.8 Å². The molecule has 4 rings (SSSR count). The van der Waals surface area contributed by atoms with Gasteiger partial charge >= 0.3 is 5.97 Å². The number of aromatic nitrogens is 5. The summed E-state index contributed by atoms with van der Waals surface area (Å²) in [5.41, 5.74) is 1.10. The molecule has 158 valence electrons. The van der Waals surface area contributed by atoms with Crippen LogP contribution in [0.5, 0.6) is 5.75 Å². The first-order valence-corrected chi connectivity index (χ1v) is 10.1. The molecule has 0 aliphatic rings. The van der Waals surface area contributed by atoms with Crippen LogP contribution in [0.25, 0.3) is 22.4 Å². The molecule has 3 aromatic heterocycles. The smallest absolute Gasteiger partial charge is 0.338 e. The largest absolute Gasteiger partial charge is 0.497 e. The molecule has 0 amide bonds. The van der Waals surface area contributed by atoms with Crippen LogP contribution >= 0.6 is 11.8 Å². The van der Waals surface area contributed by atoms with Crippen LogP contribution in [0.2, 0.25) is 0 Å². The summed E-state index contributed by atoms with van der Waals surface area (Å²) in [7, 11) is 2.83. The number of fused-ring (bicyclic) bond motifs is 1. The zero-order chi connectivity index (χ0) is 22.0. The summed E-state index contributed by atoms with van der Waals surface area (Å²) in [4.78, 5) is 40.3. The van der Waals surface area contributed by atoms with Crippen molar-refractivity contribution in [3.8, 4) is 17.1 Å². The van der Waals surface area contributed by atoms with Gasteiger partial charge in [-0.2, -0.15) is 4.98 Å². The Morgan fingerprint density at radius 2 is 2.03 bits per heavy atom. The highest BCUT2D eigenvalue weighted by molar-refractivity contribution is 7.98. The number of benzene rings is 1. The van der Waals surface area contributed by atoms with Crippen molar-refractivity contribution in [3.63, 3.8) is 0 Å². The molecule has 0 fully saturated rings. The van der Waals surface area contributed by atoms with E-state index in [-0.39, 0.29) is 22.3 Å². The highest BCUT2D eigenvalue weighted by Crippen LogP contribution is 2.24. The topological polar surface area (TPSA) is 133 Å². The quantitative estimate of drug-likeness (QED) is 0.271. The Morgan fingerprint density at radius 1 is 1.19 bits per heavy atom. The molecule has 0 bridgehead atoms. The van der Waals surface area contributed by atoms with Gasteiger partial charge in [-0.05, 0) is 25.1 Å². The Labute approximate surface area is 180 Å². The van der Waals surface area contributed by atoms with Gasteiger partial charge in [-0.25, -0.2) is 14.8 Å². The third-order valence-electron chi connectivity index (χ3n) is 4.32. The number of H-pyrrole nitrogens is 1. The van der Waals surface area contributed by atoms with E-state index in [1.54, 1.807) is 20.1 Å². The molecule has 1 aromatic carbocycles. The monoisotopic (exact) mass is 439 g/mol. The first kappa shape index (κ1) is 20.5. The molecule has 3 heterocycles. The van der Waals surface area contributed by atoms with E-state index < -0.39 is 11.5 Å². The summed E-state index contributed by atoms with van der Waals surface area (Å²) in [6.45, 7) is 1.71. The number of aryl methyl sites for hydroxylation is 1. The number of aromatic amines is 1. The fourth-order valence-electron chi connectivity index (χ4n) is 2.91. The number of rotatable bonds is 6. The first-order chi connectivity index (χ1) is 15.0. The summed E-state index contributed by atoms with van der Waals surface area (Å²) in [5.74, 6) is 1.12. The van der Waals surface area contributed by atoms with Crippen LogP contribution in [0.3, 0.4) is 0 Å². The van der Waals surface area contributed by atoms with Gasteiger partial charge in [-0.15, -0.1) is 0 Å². The summed E-state index contributed by atoms with van der Waals surface area (Å²) >= 11 is 1.20. The molecule has 0 unspecified atom stereocenters. The molecule has 0 radical (unpaired) electrons. The van der Waals surface area contributed by atoms with Gasteiger partial charge in [-0.1, -0.05) is 29.1 Å². The Bertz CT molecular complexity index is 1330. The molecule has 10 nitrogen and oxygen atoms in total. The second-order valence-electron chi connectivity index (χ2n) is 6.40. The van der Waals surface area contributed by atoms with Crippen LogP contribution in [0.1, 0.15) is 21.9 Å². The molecular weight excluding hydrogens is 422 g/mol. The lowest BCUT2D eigenvalue weighted by atomic mass is 10.1. The molecule has 0 spiro atoms. The number of carbonyl (C=O) groups is 1. The fourth-order valence-corrected chi connectivity index (χ4v) is 3.60. The molecule has 1 N–H and O–H groups in total. The number of hydrogen-bond donors (Lipinski definition) is 1. The Kier molecular flexibility index (Phi) is 5.67. The van der Waals surface area contributed by atoms with Gasteiger partial charge in [0.15, 0.2) is 10.8 Å². The normalized spacial score (nSPS) is 10.9. The maximum atomic E-state index is 12.6. The van der Waals surface area contributed by atoms with Gasteiger partial charge < -0.3 is 19.0 Å². The number of carbonyl (C=O) groups excluding carboxylic acids is 1. The lowest BCUT2D eigenvalue weighted by molar-refractivity contribution is 0.0602. The molecule has 4 aromatic rings. The minimum atomic E-state index is -0.626. The van der Waals surface area contributed by atoms with Crippen LogP contribution in [0.4, 0.5) is 0 Å². The van der Waals surface area contributed by atoms with Crippen molar-refractivity contribution in [2.24, 2.45) is 0 Å². The molecule has 31 heavy (non-hydrogen) atoms. The number of pyridine rings is 1. The maximum Gasteiger partial charge on any atom is 0.338 e. The molecular formula is C20H17N5O5S. The summed E-state index contributed by atoms with van der Waals surface area (Å²) in [6.07, 6.45) is 0. The number of thioether (sulfide) groups is 1. The van der Waals surface area contributed by atoms with Gasteiger partial charge in [-0.3, -0.25) is 4.79 Å². The van der Waals surface area contributed by atoms with E-state index >= 15 is 0 Å². The van der Waals surface area contributed by atoms with Gasteiger partial charge in [0.05, 0.1) is 30.9 Å². The van der Waals surface area contributed by atoms with Gasteiger partial charge in [0.1, 0.15) is 5.75 Å². The average Bonchev–Trinajstić information content (AvgIpc) is 3.25. The van der Waals surface area contributed by atoms with Crippen molar-refractivity contribution in [2.45, 2.75) is 17.8 Å². The van der Waals surface area contributed by atoms with Crippen molar-refractivity contribution in [1.29, 1.82) is 0 Å². The zero-order valence-corrected chi connectivity index (χ0v) is 17.6. The number of methoxy groups -OCH3 is 2. The third-order valence-corrected chi connectivity index (χ3v) is 5.18. The third kappa shape index (κ3) is 4.26. The van der Waals surface area contributed by atoms with Gasteiger partial charge in [0, 0.05) is 11.3 Å². The van der Waals surface area contributed by atoms with E-state index in [9.17, 15) is 9.59 Å². The second-order valence-corrected chi connectivity index (χ2v) is 7.37. The predicted octanol–water partition coefficient (Wildman–Crippen LogP) is 2.76. The molecule has 0 aliphatic carbocycles. The number of esters is 1. The zero-order valence-electron chi connectivity index (χ0n) is 16.8. The van der Waals surface area contributed by atoms with Gasteiger partial charge in [0.25, 0.3) is 5.56 Å². The molecule has 11 heteroatoms. The summed E-state index contributed by atoms with van der Waals surface area (Å²) < 4.78 is 15.3. The molecule has 0 saturated heterocycles. The van der Waals surface area contributed by atoms with Crippen molar-refractivity contribution >= 4 is 28.8 Å². The summed E-state index contributed by atoms with van der Waals surface area (Å²) in [6, 6.07) is 8.80. The average molecular weight is 439 g/mol. The predicted molar refractivity (Wildman–Crippen MR) is 112 cm³/mol. The molecule has 0 aliphatic heterocycles. The fraction of sp³-hybridized carbons (Fsp3) is 0.200. The van der Waals surface area contributed by atoms with Crippen LogP contribution in [-0.2, 0) is 10.5 Å². The van der Waals surface area contributed by atoms with E-state index in [1.165, 1.54) is 24.9 Å². The summed E-state index contributed by atoms with van der Waals surface area (Å²) in [5, 5.41) is 4.38. The number of nitrogens with one attached hydrogen (secondary N) is 1. The lowest BCUT2D eigenvalue weighted by Gasteiger charge is -2.06. The number of ether oxygens (including phenoxy) is 2. The van der Waals surface area contributed by atoms with E-state index in [0.29, 0.717) is 28.3 Å². The van der Waals surface area contributed by atoms with E-state index in [2.05, 4.69) is 25.1 Å². The highest BCUT2D eigenvalue weighted by atomic mass is 32.2.